The second kappa shape index (κ2) is 9.49. The van der Waals surface area contributed by atoms with Crippen LogP contribution in [0.2, 0.25) is 5.02 Å². The number of rotatable bonds is 5. The van der Waals surface area contributed by atoms with Crippen LogP contribution in [-0.2, 0) is 0 Å². The third-order valence-corrected chi connectivity index (χ3v) is 5.05. The molecule has 0 saturated heterocycles. The van der Waals surface area contributed by atoms with E-state index in [1.54, 1.807) is 66.7 Å². The van der Waals surface area contributed by atoms with Crippen LogP contribution in [0.1, 0.15) is 32.7 Å². The van der Waals surface area contributed by atoms with Crippen LogP contribution in [0, 0.1) is 0 Å². The summed E-state index contributed by atoms with van der Waals surface area (Å²) in [5.74, 6) is 0.789. The van der Waals surface area contributed by atoms with Gasteiger partial charge < -0.3 is 14.8 Å². The van der Waals surface area contributed by atoms with Crippen molar-refractivity contribution in [3.63, 3.8) is 0 Å². The summed E-state index contributed by atoms with van der Waals surface area (Å²) >= 11 is 6.09. The standard InChI is InChI=1S/C25H20ClNO4/c26-21-8-2-1-7-20(21)25(29)27-19-6-3-5-17(15-19)9-11-22(28)18-10-12-23-24(16-18)31-14-4-13-30-23/h1-3,5-12,15-16H,4,13-14H2,(H,27,29)/b11-9+. The van der Waals surface area contributed by atoms with Gasteiger partial charge in [-0.1, -0.05) is 41.9 Å². The summed E-state index contributed by atoms with van der Waals surface area (Å²) in [5.41, 5.74) is 2.30. The molecular weight excluding hydrogens is 414 g/mol. The molecule has 0 spiro atoms. The van der Waals surface area contributed by atoms with Gasteiger partial charge in [0, 0.05) is 17.7 Å². The first-order valence-corrected chi connectivity index (χ1v) is 10.3. The van der Waals surface area contributed by atoms with Crippen LogP contribution in [0.4, 0.5) is 5.69 Å². The molecule has 0 fully saturated rings. The van der Waals surface area contributed by atoms with Crippen molar-refractivity contribution >= 4 is 35.1 Å². The van der Waals surface area contributed by atoms with E-state index in [1.807, 2.05) is 6.07 Å². The van der Waals surface area contributed by atoms with E-state index in [9.17, 15) is 9.59 Å². The summed E-state index contributed by atoms with van der Waals surface area (Å²) in [6.45, 7) is 1.16. The van der Waals surface area contributed by atoms with E-state index in [1.165, 1.54) is 6.08 Å². The summed E-state index contributed by atoms with van der Waals surface area (Å²) in [7, 11) is 0. The fourth-order valence-corrected chi connectivity index (χ4v) is 3.37. The van der Waals surface area contributed by atoms with Crippen molar-refractivity contribution in [2.24, 2.45) is 0 Å². The maximum absolute atomic E-state index is 12.6. The summed E-state index contributed by atoms with van der Waals surface area (Å²) in [5, 5.41) is 3.21. The van der Waals surface area contributed by atoms with E-state index in [2.05, 4.69) is 5.32 Å². The van der Waals surface area contributed by atoms with Gasteiger partial charge in [0.25, 0.3) is 5.91 Å². The van der Waals surface area contributed by atoms with Gasteiger partial charge in [-0.25, -0.2) is 0 Å². The number of halogens is 1. The Bertz CT molecular complexity index is 1160. The number of hydrogen-bond donors (Lipinski definition) is 1. The van der Waals surface area contributed by atoms with Crippen LogP contribution in [0.3, 0.4) is 0 Å². The Morgan fingerprint density at radius 1 is 0.903 bits per heavy atom. The molecular formula is C25H20ClNO4. The normalized spacial score (nSPS) is 12.9. The van der Waals surface area contributed by atoms with Crippen molar-refractivity contribution in [2.75, 3.05) is 18.5 Å². The number of fused-ring (bicyclic) bond motifs is 1. The van der Waals surface area contributed by atoms with Crippen molar-refractivity contribution < 1.29 is 19.1 Å². The maximum Gasteiger partial charge on any atom is 0.257 e. The number of nitrogens with one attached hydrogen (secondary N) is 1. The molecule has 0 aliphatic carbocycles. The SMILES string of the molecule is O=C(/C=C/c1cccc(NC(=O)c2ccccc2Cl)c1)c1ccc2c(c1)OCCCO2. The number of amides is 1. The lowest BCUT2D eigenvalue weighted by molar-refractivity contribution is 0.102. The number of allylic oxidation sites excluding steroid dienone is 1. The first kappa shape index (κ1) is 20.7. The molecule has 1 aliphatic heterocycles. The summed E-state index contributed by atoms with van der Waals surface area (Å²) < 4.78 is 11.2. The van der Waals surface area contributed by atoms with Gasteiger partial charge in [0.2, 0.25) is 0 Å². The predicted molar refractivity (Wildman–Crippen MR) is 121 cm³/mol. The molecule has 156 valence electrons. The average Bonchev–Trinajstić information content (AvgIpc) is 3.03. The second-order valence-corrected chi connectivity index (χ2v) is 7.38. The molecule has 31 heavy (non-hydrogen) atoms. The lowest BCUT2D eigenvalue weighted by atomic mass is 10.1. The monoisotopic (exact) mass is 433 g/mol. The molecule has 0 aromatic heterocycles. The van der Waals surface area contributed by atoms with Gasteiger partial charge in [-0.2, -0.15) is 0 Å². The number of ether oxygens (including phenoxy) is 2. The fraction of sp³-hybridized carbons (Fsp3) is 0.120. The van der Waals surface area contributed by atoms with Crippen LogP contribution in [-0.4, -0.2) is 24.9 Å². The Labute approximate surface area is 185 Å². The first-order valence-electron chi connectivity index (χ1n) is 9.88. The lowest BCUT2D eigenvalue weighted by Crippen LogP contribution is -2.12. The zero-order chi connectivity index (χ0) is 21.6. The van der Waals surface area contributed by atoms with Crippen LogP contribution >= 0.6 is 11.6 Å². The van der Waals surface area contributed by atoms with Gasteiger partial charge in [-0.15, -0.1) is 0 Å². The predicted octanol–water partition coefficient (Wildman–Crippen LogP) is 5.65. The van der Waals surface area contributed by atoms with Gasteiger partial charge in [0.15, 0.2) is 17.3 Å². The third-order valence-electron chi connectivity index (χ3n) is 4.72. The van der Waals surface area contributed by atoms with E-state index < -0.39 is 0 Å². The Balaban J connectivity index is 1.46. The van der Waals surface area contributed by atoms with E-state index in [0.717, 1.165) is 12.0 Å². The topological polar surface area (TPSA) is 64.6 Å². The Morgan fingerprint density at radius 3 is 2.55 bits per heavy atom. The molecule has 0 atom stereocenters. The molecule has 1 aliphatic rings. The fourth-order valence-electron chi connectivity index (χ4n) is 3.15. The molecule has 4 rings (SSSR count). The lowest BCUT2D eigenvalue weighted by Gasteiger charge is -2.08. The zero-order valence-corrected chi connectivity index (χ0v) is 17.4. The zero-order valence-electron chi connectivity index (χ0n) is 16.6. The summed E-state index contributed by atoms with van der Waals surface area (Å²) in [4.78, 5) is 25.1. The summed E-state index contributed by atoms with van der Waals surface area (Å²) in [6.07, 6.45) is 4.01. The highest BCUT2D eigenvalue weighted by Crippen LogP contribution is 2.30. The van der Waals surface area contributed by atoms with E-state index in [-0.39, 0.29) is 11.7 Å². The Morgan fingerprint density at radius 2 is 1.71 bits per heavy atom. The van der Waals surface area contributed by atoms with E-state index >= 15 is 0 Å². The molecule has 3 aromatic rings. The second-order valence-electron chi connectivity index (χ2n) is 6.97. The number of ketones is 1. The maximum atomic E-state index is 12.6. The molecule has 0 radical (unpaired) electrons. The smallest absolute Gasteiger partial charge is 0.257 e. The molecule has 5 nitrogen and oxygen atoms in total. The number of carbonyl (C=O) groups excluding carboxylic acids is 2. The molecule has 1 amide bonds. The van der Waals surface area contributed by atoms with Gasteiger partial charge in [-0.3, -0.25) is 9.59 Å². The highest BCUT2D eigenvalue weighted by molar-refractivity contribution is 6.34. The number of hydrogen-bond acceptors (Lipinski definition) is 4. The van der Waals surface area contributed by atoms with Crippen molar-refractivity contribution in [1.29, 1.82) is 0 Å². The third kappa shape index (κ3) is 5.13. The van der Waals surface area contributed by atoms with E-state index in [0.29, 0.717) is 46.5 Å². The van der Waals surface area contributed by atoms with Crippen LogP contribution in [0.15, 0.2) is 72.8 Å². The minimum atomic E-state index is -0.296. The quantitative estimate of drug-likeness (QED) is 0.417. The van der Waals surface area contributed by atoms with Crippen molar-refractivity contribution in [2.45, 2.75) is 6.42 Å². The van der Waals surface area contributed by atoms with Crippen molar-refractivity contribution in [1.82, 2.24) is 0 Å². The number of benzene rings is 3. The van der Waals surface area contributed by atoms with Crippen LogP contribution in [0.25, 0.3) is 6.08 Å². The molecule has 0 unspecified atom stereocenters. The average molecular weight is 434 g/mol. The van der Waals surface area contributed by atoms with E-state index in [4.69, 9.17) is 21.1 Å². The van der Waals surface area contributed by atoms with Gasteiger partial charge in [0.05, 0.1) is 23.8 Å². The van der Waals surface area contributed by atoms with Crippen LogP contribution in [0.5, 0.6) is 11.5 Å². The highest BCUT2D eigenvalue weighted by atomic mass is 35.5. The minimum absolute atomic E-state index is 0.152. The first-order chi connectivity index (χ1) is 15.1. The van der Waals surface area contributed by atoms with Gasteiger partial charge in [-0.05, 0) is 54.1 Å². The van der Waals surface area contributed by atoms with Gasteiger partial charge in [0.1, 0.15) is 0 Å². The van der Waals surface area contributed by atoms with Crippen molar-refractivity contribution in [3.05, 3.63) is 94.5 Å². The number of carbonyl (C=O) groups is 2. The molecule has 0 bridgehead atoms. The molecule has 3 aromatic carbocycles. The molecule has 1 N–H and O–H groups in total. The van der Waals surface area contributed by atoms with Crippen molar-refractivity contribution in [3.8, 4) is 11.5 Å². The minimum Gasteiger partial charge on any atom is -0.490 e. The molecule has 6 heteroatoms. The highest BCUT2D eigenvalue weighted by Gasteiger charge is 2.13. The molecule has 0 saturated carbocycles. The summed E-state index contributed by atoms with van der Waals surface area (Å²) in [6, 6.07) is 19.2. The van der Waals surface area contributed by atoms with Crippen LogP contribution < -0.4 is 14.8 Å². The Kier molecular flexibility index (Phi) is 6.34. The largest absolute Gasteiger partial charge is 0.490 e. The Hall–Kier alpha value is -3.57. The molecule has 1 heterocycles. The van der Waals surface area contributed by atoms with Gasteiger partial charge >= 0.3 is 0 Å². The number of anilines is 1.